The van der Waals surface area contributed by atoms with Gasteiger partial charge in [-0.15, -0.1) is 11.3 Å². The highest BCUT2D eigenvalue weighted by Crippen LogP contribution is 2.28. The molecule has 2 aromatic carbocycles. The molecule has 0 spiro atoms. The number of rotatable bonds is 9. The molecule has 1 aliphatic rings. The van der Waals surface area contributed by atoms with E-state index in [0.29, 0.717) is 42.8 Å². The van der Waals surface area contributed by atoms with E-state index >= 15 is 0 Å². The molecule has 196 valence electrons. The van der Waals surface area contributed by atoms with Crippen molar-refractivity contribution in [1.29, 1.82) is 0 Å². The fourth-order valence-electron chi connectivity index (χ4n) is 4.08. The Labute approximate surface area is 220 Å². The predicted molar refractivity (Wildman–Crippen MR) is 142 cm³/mol. The minimum atomic E-state index is -3.62. The topological polar surface area (TPSA) is 114 Å². The Balaban J connectivity index is 1.31. The maximum absolute atomic E-state index is 13.2. The smallest absolute Gasteiger partial charge is 0.337 e. The number of methoxy groups -OCH3 is 2. The highest BCUT2D eigenvalue weighted by Gasteiger charge is 2.30. The maximum Gasteiger partial charge on any atom is 0.337 e. The molecule has 1 fully saturated rings. The third-order valence-electron chi connectivity index (χ3n) is 6.09. The summed E-state index contributed by atoms with van der Waals surface area (Å²) in [5, 5.41) is 6.21. The summed E-state index contributed by atoms with van der Waals surface area (Å²) in [6.45, 7) is 1.000. The first kappa shape index (κ1) is 26.6. The second kappa shape index (κ2) is 11.8. The molecule has 2 heterocycles. The number of ether oxygens (including phenoxy) is 2. The molecular weight excluding hydrogens is 514 g/mol. The van der Waals surface area contributed by atoms with E-state index in [1.165, 1.54) is 18.5 Å². The molecule has 11 heteroatoms. The van der Waals surface area contributed by atoms with Crippen LogP contribution in [0.25, 0.3) is 0 Å². The summed E-state index contributed by atoms with van der Waals surface area (Å²) in [6, 6.07) is 17.3. The number of esters is 1. The summed E-state index contributed by atoms with van der Waals surface area (Å²) < 4.78 is 38.1. The molecule has 1 aromatic heterocycles. The fraction of sp³-hybridized carbons (Fsp3) is 0.308. The van der Waals surface area contributed by atoms with Gasteiger partial charge in [0.05, 0.1) is 26.3 Å². The summed E-state index contributed by atoms with van der Waals surface area (Å²) >= 11 is 1.16. The predicted octanol–water partition coefficient (Wildman–Crippen LogP) is 3.74. The van der Waals surface area contributed by atoms with Crippen LogP contribution in [0.1, 0.15) is 38.4 Å². The van der Waals surface area contributed by atoms with Crippen molar-refractivity contribution in [3.63, 3.8) is 0 Å². The number of sulfonamides is 1. The molecule has 2 N–H and O–H groups in total. The average molecular weight is 544 g/mol. The second-order valence-electron chi connectivity index (χ2n) is 8.53. The number of carbonyl (C=O) groups excluding carboxylic acids is 2. The molecule has 1 saturated heterocycles. The van der Waals surface area contributed by atoms with Crippen molar-refractivity contribution >= 4 is 38.9 Å². The van der Waals surface area contributed by atoms with Gasteiger partial charge < -0.3 is 20.1 Å². The van der Waals surface area contributed by atoms with E-state index < -0.39 is 16.0 Å². The number of hydrogen-bond donors (Lipinski definition) is 2. The van der Waals surface area contributed by atoms with Crippen LogP contribution in [0.2, 0.25) is 0 Å². The Morgan fingerprint density at radius 2 is 1.73 bits per heavy atom. The molecule has 1 aliphatic heterocycles. The monoisotopic (exact) mass is 543 g/mol. The lowest BCUT2D eigenvalue weighted by Crippen LogP contribution is -2.42. The normalized spacial score (nSPS) is 14.6. The van der Waals surface area contributed by atoms with Gasteiger partial charge in [-0.05, 0) is 61.4 Å². The van der Waals surface area contributed by atoms with Crippen LogP contribution in [0, 0.1) is 0 Å². The number of hydrogen-bond acceptors (Lipinski definition) is 8. The van der Waals surface area contributed by atoms with E-state index in [4.69, 9.17) is 9.47 Å². The van der Waals surface area contributed by atoms with Crippen molar-refractivity contribution in [3.05, 3.63) is 76.7 Å². The summed E-state index contributed by atoms with van der Waals surface area (Å²) in [6.07, 6.45) is 1.27. The first-order valence-electron chi connectivity index (χ1n) is 11.8. The third-order valence-corrected chi connectivity index (χ3v) is 9.55. The van der Waals surface area contributed by atoms with E-state index in [1.54, 1.807) is 54.6 Å². The van der Waals surface area contributed by atoms with Gasteiger partial charge >= 0.3 is 5.97 Å². The third kappa shape index (κ3) is 6.48. The molecule has 1 amide bonds. The largest absolute Gasteiger partial charge is 0.497 e. The number of piperidine rings is 1. The van der Waals surface area contributed by atoms with Crippen LogP contribution in [0.4, 0.5) is 5.69 Å². The molecule has 0 saturated carbocycles. The summed E-state index contributed by atoms with van der Waals surface area (Å²) in [5.74, 6) is -0.0750. The van der Waals surface area contributed by atoms with Gasteiger partial charge in [0, 0.05) is 35.3 Å². The fourth-order valence-corrected chi connectivity index (χ4v) is 7.00. The number of carbonyl (C=O) groups is 2. The zero-order valence-electron chi connectivity index (χ0n) is 20.6. The van der Waals surface area contributed by atoms with Crippen molar-refractivity contribution in [2.75, 3.05) is 32.6 Å². The Kier molecular flexibility index (Phi) is 8.47. The van der Waals surface area contributed by atoms with E-state index in [9.17, 15) is 18.0 Å². The van der Waals surface area contributed by atoms with Crippen LogP contribution in [-0.4, -0.2) is 58.0 Å². The standard InChI is InChI=1S/C26H29N3O6S2/c1-34-22-8-4-5-18(16-22)25(30)27-17-23-9-10-24(36-23)37(32,33)29-13-11-20(12-14-29)28-21-7-3-6-19(15-21)26(31)35-2/h3-10,15-16,20,28H,11-14,17H2,1-2H3,(H,27,30). The van der Waals surface area contributed by atoms with Crippen LogP contribution in [0.15, 0.2) is 64.9 Å². The minimum Gasteiger partial charge on any atom is -0.497 e. The molecule has 3 aromatic rings. The van der Waals surface area contributed by atoms with Crippen LogP contribution in [0.5, 0.6) is 5.75 Å². The van der Waals surface area contributed by atoms with Gasteiger partial charge in [-0.1, -0.05) is 12.1 Å². The molecular formula is C26H29N3O6S2. The van der Waals surface area contributed by atoms with E-state index in [1.807, 2.05) is 6.07 Å². The van der Waals surface area contributed by atoms with Crippen LogP contribution in [0.3, 0.4) is 0 Å². The van der Waals surface area contributed by atoms with Crippen LogP contribution < -0.4 is 15.4 Å². The Morgan fingerprint density at radius 1 is 1.00 bits per heavy atom. The Morgan fingerprint density at radius 3 is 2.46 bits per heavy atom. The highest BCUT2D eigenvalue weighted by atomic mass is 32.2. The van der Waals surface area contributed by atoms with E-state index in [-0.39, 0.29) is 22.7 Å². The number of amides is 1. The number of anilines is 1. The van der Waals surface area contributed by atoms with Crippen molar-refractivity contribution in [2.24, 2.45) is 0 Å². The van der Waals surface area contributed by atoms with Gasteiger partial charge in [-0.2, -0.15) is 4.31 Å². The zero-order valence-corrected chi connectivity index (χ0v) is 22.2. The van der Waals surface area contributed by atoms with Crippen molar-refractivity contribution in [3.8, 4) is 5.75 Å². The van der Waals surface area contributed by atoms with E-state index in [2.05, 4.69) is 10.6 Å². The first-order valence-corrected chi connectivity index (χ1v) is 14.0. The Bertz CT molecular complexity index is 1360. The molecule has 4 rings (SSSR count). The van der Waals surface area contributed by atoms with Crippen molar-refractivity contribution < 1.29 is 27.5 Å². The van der Waals surface area contributed by atoms with Gasteiger partial charge in [-0.25, -0.2) is 13.2 Å². The first-order chi connectivity index (χ1) is 17.8. The molecule has 0 unspecified atom stereocenters. The SMILES string of the molecule is COC(=O)c1cccc(NC2CCN(S(=O)(=O)c3ccc(CNC(=O)c4cccc(OC)c4)s3)CC2)c1. The Hall–Kier alpha value is -3.41. The number of thiophene rings is 1. The zero-order chi connectivity index (χ0) is 26.4. The van der Waals surface area contributed by atoms with Crippen molar-refractivity contribution in [1.82, 2.24) is 9.62 Å². The molecule has 0 aliphatic carbocycles. The van der Waals surface area contributed by atoms with Crippen LogP contribution in [-0.2, 0) is 21.3 Å². The number of nitrogens with one attached hydrogen (secondary N) is 2. The summed E-state index contributed by atoms with van der Waals surface area (Å²) in [7, 11) is -0.747. The second-order valence-corrected chi connectivity index (χ2v) is 11.9. The quantitative estimate of drug-likeness (QED) is 0.395. The maximum atomic E-state index is 13.2. The van der Waals surface area contributed by atoms with Gasteiger partial charge in [0.15, 0.2) is 0 Å². The molecule has 0 bridgehead atoms. The summed E-state index contributed by atoms with van der Waals surface area (Å²) in [4.78, 5) is 25.0. The molecule has 0 atom stereocenters. The molecule has 0 radical (unpaired) electrons. The summed E-state index contributed by atoms with van der Waals surface area (Å²) in [5.41, 5.74) is 1.72. The van der Waals surface area contributed by atoms with Crippen LogP contribution >= 0.6 is 11.3 Å². The molecule has 9 nitrogen and oxygen atoms in total. The lowest BCUT2D eigenvalue weighted by molar-refractivity contribution is 0.0600. The van der Waals surface area contributed by atoms with Gasteiger partial charge in [0.2, 0.25) is 0 Å². The van der Waals surface area contributed by atoms with Crippen molar-refractivity contribution in [2.45, 2.75) is 29.6 Å². The minimum absolute atomic E-state index is 0.0880. The number of nitrogens with zero attached hydrogens (tertiary/aromatic N) is 1. The molecule has 37 heavy (non-hydrogen) atoms. The van der Waals surface area contributed by atoms with Gasteiger partial charge in [0.1, 0.15) is 9.96 Å². The number of benzene rings is 2. The highest BCUT2D eigenvalue weighted by molar-refractivity contribution is 7.91. The lowest BCUT2D eigenvalue weighted by atomic mass is 10.1. The average Bonchev–Trinajstić information content (AvgIpc) is 3.42. The van der Waals surface area contributed by atoms with E-state index in [0.717, 1.165) is 21.9 Å². The lowest BCUT2D eigenvalue weighted by Gasteiger charge is -2.31. The van der Waals surface area contributed by atoms with Gasteiger partial charge in [0.25, 0.3) is 15.9 Å². The van der Waals surface area contributed by atoms with Gasteiger partial charge in [-0.3, -0.25) is 4.79 Å².